The predicted octanol–water partition coefficient (Wildman–Crippen LogP) is 1.65. The third kappa shape index (κ3) is 5.00. The number of ether oxygens (including phenoxy) is 2. The van der Waals surface area contributed by atoms with Gasteiger partial charge in [0.1, 0.15) is 12.6 Å². The fourth-order valence-corrected chi connectivity index (χ4v) is 3.51. The molecule has 0 aliphatic carbocycles. The van der Waals surface area contributed by atoms with E-state index in [1.165, 1.54) is 42.5 Å². The molecule has 164 valence electrons. The van der Waals surface area contributed by atoms with Gasteiger partial charge in [-0.2, -0.15) is 0 Å². The molecule has 31 heavy (non-hydrogen) atoms. The van der Waals surface area contributed by atoms with Crippen LogP contribution in [0.1, 0.15) is 13.8 Å². The molecule has 0 unspecified atom stereocenters. The summed E-state index contributed by atoms with van der Waals surface area (Å²) in [6, 6.07) is 2.33. The summed E-state index contributed by atoms with van der Waals surface area (Å²) in [6.07, 6.45) is 2.86. The van der Waals surface area contributed by atoms with Gasteiger partial charge in [0.2, 0.25) is 11.8 Å². The maximum Gasteiger partial charge on any atom is 0.261 e. The minimum absolute atomic E-state index is 0.174. The van der Waals surface area contributed by atoms with Crippen molar-refractivity contribution < 1.29 is 19.1 Å². The fraction of sp³-hybridized carbons (Fsp3) is 0.350. The summed E-state index contributed by atoms with van der Waals surface area (Å²) in [5.41, 5.74) is 0.0108. The second-order valence-electron chi connectivity index (χ2n) is 7.02. The molecule has 10 nitrogen and oxygen atoms in total. The van der Waals surface area contributed by atoms with Crippen LogP contribution in [-0.2, 0) is 16.1 Å². The Bertz CT molecular complexity index is 1140. The molecule has 0 aliphatic heterocycles. The monoisotopic (exact) mass is 445 g/mol. The third-order valence-corrected chi connectivity index (χ3v) is 5.26. The Labute approximate surface area is 182 Å². The van der Waals surface area contributed by atoms with Crippen LogP contribution >= 0.6 is 11.3 Å². The topological polar surface area (TPSA) is 124 Å². The second-order valence-corrected chi connectivity index (χ2v) is 7.91. The van der Waals surface area contributed by atoms with Crippen LogP contribution in [0.5, 0.6) is 11.5 Å². The van der Waals surface area contributed by atoms with E-state index in [2.05, 4.69) is 20.6 Å². The Morgan fingerprint density at radius 1 is 1.16 bits per heavy atom. The van der Waals surface area contributed by atoms with E-state index in [0.717, 1.165) is 0 Å². The average Bonchev–Trinajstić information content (AvgIpc) is 3.25. The third-order valence-electron chi connectivity index (χ3n) is 4.57. The molecule has 0 bridgehead atoms. The van der Waals surface area contributed by atoms with Crippen LogP contribution in [0, 0.1) is 5.92 Å². The van der Waals surface area contributed by atoms with Crippen molar-refractivity contribution in [1.29, 1.82) is 0 Å². The zero-order valence-corrected chi connectivity index (χ0v) is 18.4. The molecule has 2 amide bonds. The minimum atomic E-state index is -0.787. The Kier molecular flexibility index (Phi) is 6.85. The maximum atomic E-state index is 12.9. The van der Waals surface area contributed by atoms with E-state index >= 15 is 0 Å². The van der Waals surface area contributed by atoms with Crippen LogP contribution in [0.3, 0.4) is 0 Å². The Hall–Kier alpha value is -3.47. The molecular formula is C20H23N5O5S. The van der Waals surface area contributed by atoms with Crippen molar-refractivity contribution in [1.82, 2.24) is 19.9 Å². The van der Waals surface area contributed by atoms with E-state index < -0.39 is 17.5 Å². The van der Waals surface area contributed by atoms with Gasteiger partial charge in [0.15, 0.2) is 16.6 Å². The summed E-state index contributed by atoms with van der Waals surface area (Å²) in [7, 11) is 2.96. The number of hydrogen-bond donors (Lipinski definition) is 2. The number of nitrogens with zero attached hydrogens (tertiary/aromatic N) is 3. The van der Waals surface area contributed by atoms with E-state index in [4.69, 9.17) is 9.47 Å². The highest BCUT2D eigenvalue weighted by atomic mass is 32.1. The highest BCUT2D eigenvalue weighted by Crippen LogP contribution is 2.29. The van der Waals surface area contributed by atoms with Crippen molar-refractivity contribution in [3.8, 4) is 11.5 Å². The molecule has 2 N–H and O–H groups in total. The van der Waals surface area contributed by atoms with Crippen molar-refractivity contribution in [3.63, 3.8) is 0 Å². The van der Waals surface area contributed by atoms with Crippen molar-refractivity contribution in [3.05, 3.63) is 40.4 Å². The summed E-state index contributed by atoms with van der Waals surface area (Å²) in [4.78, 5) is 46.3. The normalized spacial score (nSPS) is 11.9. The molecule has 2 aromatic heterocycles. The van der Waals surface area contributed by atoms with Gasteiger partial charge in [0.05, 0.1) is 31.4 Å². The molecule has 1 aromatic carbocycles. The zero-order chi connectivity index (χ0) is 22.5. The lowest BCUT2D eigenvalue weighted by atomic mass is 10.0. The van der Waals surface area contributed by atoms with Crippen LogP contribution in [0.2, 0.25) is 0 Å². The van der Waals surface area contributed by atoms with Gasteiger partial charge in [-0.25, -0.2) is 9.97 Å². The van der Waals surface area contributed by atoms with Crippen molar-refractivity contribution in [2.24, 2.45) is 5.92 Å². The molecule has 0 saturated carbocycles. The first-order valence-electron chi connectivity index (χ1n) is 9.45. The first-order chi connectivity index (χ1) is 14.8. The molecule has 11 heteroatoms. The quantitative estimate of drug-likeness (QED) is 0.540. The largest absolute Gasteiger partial charge is 0.493 e. The number of benzene rings is 1. The van der Waals surface area contributed by atoms with Gasteiger partial charge in [-0.15, -0.1) is 11.3 Å². The minimum Gasteiger partial charge on any atom is -0.493 e. The van der Waals surface area contributed by atoms with E-state index in [1.54, 1.807) is 17.6 Å². The van der Waals surface area contributed by atoms with Crippen molar-refractivity contribution >= 4 is 39.2 Å². The van der Waals surface area contributed by atoms with Crippen LogP contribution in [-0.4, -0.2) is 46.6 Å². The van der Waals surface area contributed by atoms with E-state index in [9.17, 15) is 14.4 Å². The predicted molar refractivity (Wildman–Crippen MR) is 117 cm³/mol. The Balaban J connectivity index is 1.79. The lowest BCUT2D eigenvalue weighted by Gasteiger charge is -2.21. The van der Waals surface area contributed by atoms with Gasteiger partial charge in [-0.3, -0.25) is 19.0 Å². The number of carbonyl (C=O) groups is 2. The number of thiazole rings is 1. The van der Waals surface area contributed by atoms with Crippen LogP contribution < -0.4 is 25.7 Å². The number of aromatic nitrogens is 3. The Morgan fingerprint density at radius 2 is 1.87 bits per heavy atom. The number of fused-ring (bicyclic) bond motifs is 1. The summed E-state index contributed by atoms with van der Waals surface area (Å²) in [5.74, 6) is -0.207. The molecule has 0 spiro atoms. The van der Waals surface area contributed by atoms with E-state index in [0.29, 0.717) is 22.1 Å². The van der Waals surface area contributed by atoms with Crippen LogP contribution in [0.25, 0.3) is 10.9 Å². The van der Waals surface area contributed by atoms with Gasteiger partial charge in [0.25, 0.3) is 5.56 Å². The van der Waals surface area contributed by atoms with Crippen LogP contribution in [0.15, 0.2) is 34.8 Å². The first kappa shape index (κ1) is 22.2. The summed E-state index contributed by atoms with van der Waals surface area (Å²) in [6.45, 7) is 3.34. The van der Waals surface area contributed by atoms with Gasteiger partial charge >= 0.3 is 0 Å². The van der Waals surface area contributed by atoms with Gasteiger partial charge in [-0.05, 0) is 12.0 Å². The average molecular weight is 446 g/mol. The fourth-order valence-electron chi connectivity index (χ4n) is 2.98. The number of carbonyl (C=O) groups excluding carboxylic acids is 2. The lowest BCUT2D eigenvalue weighted by Crippen LogP contribution is -2.48. The summed E-state index contributed by atoms with van der Waals surface area (Å²) < 4.78 is 11.6. The number of anilines is 1. The second kappa shape index (κ2) is 9.56. The van der Waals surface area contributed by atoms with E-state index in [-0.39, 0.29) is 23.8 Å². The van der Waals surface area contributed by atoms with Crippen molar-refractivity contribution in [2.45, 2.75) is 26.4 Å². The number of nitrogens with one attached hydrogen (secondary N) is 2. The van der Waals surface area contributed by atoms with Crippen LogP contribution in [0.4, 0.5) is 5.13 Å². The van der Waals surface area contributed by atoms with Crippen molar-refractivity contribution in [2.75, 3.05) is 19.5 Å². The first-order valence-corrected chi connectivity index (χ1v) is 10.3. The summed E-state index contributed by atoms with van der Waals surface area (Å²) in [5, 5.41) is 7.84. The molecule has 0 fully saturated rings. The number of hydrogen-bond acceptors (Lipinski definition) is 8. The maximum absolute atomic E-state index is 12.9. The molecule has 0 radical (unpaired) electrons. The standard InChI is InChI=1S/C20H23N5O5S/c1-11(2)17(18(27)24-20-21-5-6-31-20)23-16(26)9-25-10-22-13-8-15(30-4)14(29-3)7-12(13)19(25)28/h5-8,10-11,17H,9H2,1-4H3,(H,23,26)(H,21,24,27)/t17-/m0/s1. The molecule has 2 heterocycles. The molecular weight excluding hydrogens is 422 g/mol. The highest BCUT2D eigenvalue weighted by molar-refractivity contribution is 7.13. The number of methoxy groups -OCH3 is 2. The summed E-state index contributed by atoms with van der Waals surface area (Å²) >= 11 is 1.28. The SMILES string of the molecule is COc1cc2ncn(CC(=O)N[C@H](C(=O)Nc3nccs3)C(C)C)c(=O)c2cc1OC. The lowest BCUT2D eigenvalue weighted by molar-refractivity contribution is -0.127. The van der Waals surface area contributed by atoms with E-state index in [1.807, 2.05) is 13.8 Å². The number of amides is 2. The van der Waals surface area contributed by atoms with Gasteiger partial charge in [-0.1, -0.05) is 13.8 Å². The Morgan fingerprint density at radius 3 is 2.48 bits per heavy atom. The molecule has 0 saturated heterocycles. The molecule has 1 atom stereocenters. The molecule has 0 aliphatic rings. The zero-order valence-electron chi connectivity index (χ0n) is 17.5. The van der Waals surface area contributed by atoms with Gasteiger partial charge in [0, 0.05) is 17.6 Å². The molecule has 3 aromatic rings. The molecule has 3 rings (SSSR count). The number of rotatable bonds is 8. The smallest absolute Gasteiger partial charge is 0.261 e. The highest BCUT2D eigenvalue weighted by Gasteiger charge is 2.25. The van der Waals surface area contributed by atoms with Gasteiger partial charge < -0.3 is 20.1 Å².